The molecule has 7 nitrogen and oxygen atoms in total. The van der Waals surface area contributed by atoms with Crippen LogP contribution in [0.3, 0.4) is 0 Å². The summed E-state index contributed by atoms with van der Waals surface area (Å²) < 4.78 is 0. The molecule has 2 aromatic rings. The number of hydroxylamine groups is 1. The summed E-state index contributed by atoms with van der Waals surface area (Å²) in [7, 11) is 0. The van der Waals surface area contributed by atoms with E-state index in [2.05, 4.69) is 5.48 Å². The smallest absolute Gasteiger partial charge is 0.250 e. The molecule has 0 aromatic heterocycles. The number of benzene rings is 2. The zero-order valence-corrected chi connectivity index (χ0v) is 20.4. The van der Waals surface area contributed by atoms with E-state index in [1.165, 1.54) is 4.90 Å². The highest BCUT2D eigenvalue weighted by Crippen LogP contribution is 2.20. The van der Waals surface area contributed by atoms with E-state index >= 15 is 0 Å². The van der Waals surface area contributed by atoms with E-state index in [9.17, 15) is 14.4 Å². The molecule has 3 amide bonds. The van der Waals surface area contributed by atoms with E-state index < -0.39 is 23.8 Å². The summed E-state index contributed by atoms with van der Waals surface area (Å²) in [5.41, 5.74) is 10.2. The van der Waals surface area contributed by atoms with Crippen LogP contribution >= 0.6 is 0 Å². The monoisotopic (exact) mass is 465 g/mol. The maximum Gasteiger partial charge on any atom is 0.250 e. The molecule has 0 radical (unpaired) electrons. The molecule has 0 unspecified atom stereocenters. The van der Waals surface area contributed by atoms with E-state index in [1.54, 1.807) is 6.08 Å². The van der Waals surface area contributed by atoms with Crippen molar-refractivity contribution in [2.24, 2.45) is 17.6 Å². The molecule has 3 N–H and O–H groups in total. The number of nitrogens with two attached hydrogens (primary N) is 1. The van der Waals surface area contributed by atoms with Crippen molar-refractivity contribution in [2.45, 2.75) is 53.3 Å². The normalized spacial score (nSPS) is 12.5. The van der Waals surface area contributed by atoms with Gasteiger partial charge in [0.1, 0.15) is 6.04 Å². The highest BCUT2D eigenvalue weighted by molar-refractivity contribution is 6.00. The molecule has 0 aliphatic heterocycles. The number of primary amides is 1. The number of carbonyl (C=O) groups excluding carboxylic acids is 3. The lowest BCUT2D eigenvalue weighted by molar-refractivity contribution is -0.140. The van der Waals surface area contributed by atoms with E-state index in [0.717, 1.165) is 11.1 Å². The van der Waals surface area contributed by atoms with Crippen LogP contribution in [0.5, 0.6) is 0 Å². The fraction of sp³-hybridized carbons (Fsp3) is 0.370. The zero-order chi connectivity index (χ0) is 25.1. The number of amides is 3. The van der Waals surface area contributed by atoms with Crippen LogP contribution in [-0.2, 0) is 32.4 Å². The van der Waals surface area contributed by atoms with Crippen LogP contribution < -0.4 is 11.2 Å². The quantitative estimate of drug-likeness (QED) is 0.368. The summed E-state index contributed by atoms with van der Waals surface area (Å²) in [5, 5.41) is 0. The van der Waals surface area contributed by atoms with Gasteiger partial charge in [0.25, 0.3) is 5.91 Å². The molecular weight excluding hydrogens is 430 g/mol. The summed E-state index contributed by atoms with van der Waals surface area (Å²) in [6.07, 6.45) is 1.57. The minimum Gasteiger partial charge on any atom is -0.368 e. The molecular formula is C27H35N3O4. The topological polar surface area (TPSA) is 102 Å². The van der Waals surface area contributed by atoms with Crippen molar-refractivity contribution >= 4 is 17.7 Å². The number of hydrogen-bond donors (Lipinski definition) is 2. The molecule has 0 aliphatic rings. The van der Waals surface area contributed by atoms with Gasteiger partial charge >= 0.3 is 0 Å². The van der Waals surface area contributed by atoms with Gasteiger partial charge in [-0.1, -0.05) is 94.4 Å². The Kier molecular flexibility index (Phi) is 10.5. The van der Waals surface area contributed by atoms with Crippen molar-refractivity contribution < 1.29 is 19.2 Å². The van der Waals surface area contributed by atoms with Gasteiger partial charge in [-0.05, 0) is 23.0 Å². The lowest BCUT2D eigenvalue weighted by atomic mass is 9.98. The molecule has 1 atom stereocenters. The average Bonchev–Trinajstić information content (AvgIpc) is 2.78. The minimum absolute atomic E-state index is 0.0154. The molecule has 0 saturated carbocycles. The summed E-state index contributed by atoms with van der Waals surface area (Å²) in [5.74, 6) is -1.61. The van der Waals surface area contributed by atoms with Crippen LogP contribution in [0.25, 0.3) is 0 Å². The minimum atomic E-state index is -0.819. The third-order valence-electron chi connectivity index (χ3n) is 5.14. The van der Waals surface area contributed by atoms with Crippen LogP contribution in [0.2, 0.25) is 0 Å². The van der Waals surface area contributed by atoms with Gasteiger partial charge in [0, 0.05) is 12.1 Å². The Balaban J connectivity index is 2.21. The summed E-state index contributed by atoms with van der Waals surface area (Å²) in [6, 6.07) is 18.0. The van der Waals surface area contributed by atoms with E-state index in [1.807, 2.05) is 88.4 Å². The Morgan fingerprint density at radius 2 is 1.50 bits per heavy atom. The molecule has 0 heterocycles. The molecule has 2 rings (SSSR count). The van der Waals surface area contributed by atoms with Crippen molar-refractivity contribution in [3.05, 3.63) is 83.4 Å². The maximum atomic E-state index is 13.7. The van der Waals surface area contributed by atoms with Gasteiger partial charge in [0.15, 0.2) is 0 Å². The van der Waals surface area contributed by atoms with E-state index in [4.69, 9.17) is 10.6 Å². The predicted molar refractivity (Wildman–Crippen MR) is 132 cm³/mol. The Labute approximate surface area is 201 Å². The first-order chi connectivity index (χ1) is 16.2. The highest BCUT2D eigenvalue weighted by atomic mass is 16.6. The zero-order valence-electron chi connectivity index (χ0n) is 20.4. The van der Waals surface area contributed by atoms with Gasteiger partial charge in [-0.15, -0.1) is 0 Å². The van der Waals surface area contributed by atoms with Crippen molar-refractivity contribution in [2.75, 3.05) is 0 Å². The van der Waals surface area contributed by atoms with Crippen molar-refractivity contribution in [1.82, 2.24) is 10.4 Å². The van der Waals surface area contributed by atoms with Gasteiger partial charge in [-0.25, -0.2) is 5.48 Å². The van der Waals surface area contributed by atoms with Crippen LogP contribution in [0, 0.1) is 11.8 Å². The van der Waals surface area contributed by atoms with Crippen LogP contribution in [0.1, 0.15) is 45.2 Å². The fourth-order valence-electron chi connectivity index (χ4n) is 3.69. The third-order valence-corrected chi connectivity index (χ3v) is 5.14. The molecule has 182 valence electrons. The second-order valence-electron chi connectivity index (χ2n) is 8.92. The van der Waals surface area contributed by atoms with Gasteiger partial charge < -0.3 is 10.6 Å². The first-order valence-electron chi connectivity index (χ1n) is 11.5. The number of nitrogens with one attached hydrogen (secondary N) is 1. The third kappa shape index (κ3) is 8.48. The first kappa shape index (κ1) is 26.8. The van der Waals surface area contributed by atoms with Crippen LogP contribution in [0.15, 0.2) is 72.3 Å². The Bertz CT molecular complexity index is 972. The Morgan fingerprint density at radius 3 is 2.00 bits per heavy atom. The van der Waals surface area contributed by atoms with Crippen molar-refractivity contribution in [3.63, 3.8) is 0 Å². The van der Waals surface area contributed by atoms with Crippen molar-refractivity contribution in [3.8, 4) is 0 Å². The van der Waals surface area contributed by atoms with Gasteiger partial charge in [0.05, 0.1) is 13.0 Å². The lowest BCUT2D eigenvalue weighted by Crippen LogP contribution is -2.51. The maximum absolute atomic E-state index is 13.7. The highest BCUT2D eigenvalue weighted by Gasteiger charge is 2.33. The first-order valence-corrected chi connectivity index (χ1v) is 11.5. The molecule has 0 aliphatic carbocycles. The standard InChI is InChI=1S/C27H35N3O4/c1-19(2)15-23(16-24(31)29-34-18-22-13-9-6-10-14-22)27(33)30(25(20(3)4)26(28)32)17-21-11-7-5-8-12-21/h5-15,19-20,25H,16-18H2,1-4H3,(H2,28,32)(H,29,31)/t25-/m0/s1. The van der Waals surface area contributed by atoms with E-state index in [0.29, 0.717) is 5.57 Å². The molecule has 0 fully saturated rings. The second-order valence-corrected chi connectivity index (χ2v) is 8.92. The number of carbonyl (C=O) groups is 3. The predicted octanol–water partition coefficient (Wildman–Crippen LogP) is 3.75. The van der Waals surface area contributed by atoms with Crippen LogP contribution in [-0.4, -0.2) is 28.7 Å². The molecule has 34 heavy (non-hydrogen) atoms. The number of hydrogen-bond acceptors (Lipinski definition) is 4. The van der Waals surface area contributed by atoms with Crippen molar-refractivity contribution in [1.29, 1.82) is 0 Å². The Hall–Kier alpha value is -3.45. The number of nitrogens with zero attached hydrogens (tertiary/aromatic N) is 1. The number of allylic oxidation sites excluding steroid dienone is 1. The van der Waals surface area contributed by atoms with E-state index in [-0.39, 0.29) is 31.4 Å². The molecule has 0 spiro atoms. The average molecular weight is 466 g/mol. The summed E-state index contributed by atoms with van der Waals surface area (Å²) >= 11 is 0. The Morgan fingerprint density at radius 1 is 0.941 bits per heavy atom. The van der Waals surface area contributed by atoms with Crippen LogP contribution in [0.4, 0.5) is 0 Å². The lowest BCUT2D eigenvalue weighted by Gasteiger charge is -2.33. The van der Waals surface area contributed by atoms with Gasteiger partial charge in [-0.3, -0.25) is 19.2 Å². The fourth-order valence-corrected chi connectivity index (χ4v) is 3.69. The molecule has 2 aromatic carbocycles. The largest absolute Gasteiger partial charge is 0.368 e. The summed E-state index contributed by atoms with van der Waals surface area (Å²) in [4.78, 5) is 45.4. The summed E-state index contributed by atoms with van der Waals surface area (Å²) in [6.45, 7) is 7.95. The second kappa shape index (κ2) is 13.3. The SMILES string of the molecule is CC(C)C=C(CC(=O)NOCc1ccccc1)C(=O)N(Cc1ccccc1)[C@H](C(N)=O)C(C)C. The molecule has 0 bridgehead atoms. The van der Waals surface area contributed by atoms with Gasteiger partial charge in [0.2, 0.25) is 11.8 Å². The molecule has 7 heteroatoms. The number of rotatable bonds is 12. The molecule has 0 saturated heterocycles. The van der Waals surface area contributed by atoms with Gasteiger partial charge in [-0.2, -0.15) is 0 Å².